The first-order valence-electron chi connectivity index (χ1n) is 7.08. The molecule has 0 aliphatic carbocycles. The molecule has 0 radical (unpaired) electrons. The maximum Gasteiger partial charge on any atom is 0.165 e. The quantitative estimate of drug-likeness (QED) is 0.701. The van der Waals surface area contributed by atoms with Gasteiger partial charge >= 0.3 is 0 Å². The molecular weight excluding hydrogens is 279 g/mol. The van der Waals surface area contributed by atoms with E-state index < -0.39 is 0 Å². The Hall–Kier alpha value is -2.55. The predicted octanol–water partition coefficient (Wildman–Crippen LogP) is 4.59. The molecule has 0 amide bonds. The van der Waals surface area contributed by atoms with Crippen molar-refractivity contribution in [2.45, 2.75) is 6.42 Å². The van der Waals surface area contributed by atoms with Crippen LogP contribution >= 0.6 is 0 Å². The third kappa shape index (κ3) is 2.89. The Kier molecular flexibility index (Phi) is 3.96. The van der Waals surface area contributed by atoms with Crippen molar-refractivity contribution in [1.82, 2.24) is 0 Å². The number of hydrogen-bond donors (Lipinski definition) is 0. The van der Waals surface area contributed by atoms with Gasteiger partial charge in [-0.05, 0) is 52.6 Å². The summed E-state index contributed by atoms with van der Waals surface area (Å²) in [5, 5.41) is 2.27. The van der Waals surface area contributed by atoms with Crippen LogP contribution in [-0.2, 0) is 6.42 Å². The van der Waals surface area contributed by atoms with Gasteiger partial charge in [0.2, 0.25) is 0 Å². The van der Waals surface area contributed by atoms with Crippen LogP contribution in [0, 0.1) is 5.82 Å². The third-order valence-electron chi connectivity index (χ3n) is 3.74. The van der Waals surface area contributed by atoms with E-state index in [2.05, 4.69) is 18.2 Å². The lowest BCUT2D eigenvalue weighted by Gasteiger charge is -2.07. The lowest BCUT2D eigenvalue weighted by atomic mass is 10.0. The Morgan fingerprint density at radius 3 is 2.18 bits per heavy atom. The summed E-state index contributed by atoms with van der Waals surface area (Å²) in [4.78, 5) is 0. The van der Waals surface area contributed by atoms with Crippen molar-refractivity contribution in [2.24, 2.45) is 0 Å². The van der Waals surface area contributed by atoms with Crippen LogP contribution in [0.4, 0.5) is 4.39 Å². The van der Waals surface area contributed by atoms with Gasteiger partial charge in [-0.3, -0.25) is 0 Å². The molecule has 3 rings (SSSR count). The number of benzene rings is 3. The van der Waals surface area contributed by atoms with Crippen LogP contribution in [0.3, 0.4) is 0 Å². The van der Waals surface area contributed by atoms with Gasteiger partial charge in [0.25, 0.3) is 0 Å². The standard InChI is InChI=1S/C19H17FO2/c1-21-17-7-6-15-10-13(3-5-16(15)12-17)9-14-4-8-19(22-2)18(20)11-14/h3-8,10-12H,9H2,1-2H3. The topological polar surface area (TPSA) is 18.5 Å². The number of fused-ring (bicyclic) bond motifs is 1. The molecule has 0 bridgehead atoms. The van der Waals surface area contributed by atoms with Crippen LogP contribution in [0.1, 0.15) is 11.1 Å². The van der Waals surface area contributed by atoms with Gasteiger partial charge < -0.3 is 9.47 Å². The van der Waals surface area contributed by atoms with Crippen LogP contribution < -0.4 is 9.47 Å². The number of methoxy groups -OCH3 is 2. The Labute approximate surface area is 129 Å². The van der Waals surface area contributed by atoms with Gasteiger partial charge in [0.1, 0.15) is 5.75 Å². The van der Waals surface area contributed by atoms with Gasteiger partial charge in [-0.15, -0.1) is 0 Å². The summed E-state index contributed by atoms with van der Waals surface area (Å²) in [7, 11) is 3.13. The van der Waals surface area contributed by atoms with Gasteiger partial charge in [0, 0.05) is 0 Å². The van der Waals surface area contributed by atoms with E-state index in [0.29, 0.717) is 6.42 Å². The summed E-state index contributed by atoms with van der Waals surface area (Å²) >= 11 is 0. The molecule has 2 nitrogen and oxygen atoms in total. The minimum Gasteiger partial charge on any atom is -0.497 e. The van der Waals surface area contributed by atoms with Gasteiger partial charge in [-0.25, -0.2) is 4.39 Å². The second kappa shape index (κ2) is 6.06. The summed E-state index contributed by atoms with van der Waals surface area (Å²) in [5.74, 6) is 0.789. The second-order valence-corrected chi connectivity index (χ2v) is 5.19. The Balaban J connectivity index is 1.89. The van der Waals surface area contributed by atoms with E-state index >= 15 is 0 Å². The van der Waals surface area contributed by atoms with Gasteiger partial charge in [0.15, 0.2) is 11.6 Å². The first-order chi connectivity index (χ1) is 10.7. The SMILES string of the molecule is COc1ccc2cc(Cc3ccc(OC)c(F)c3)ccc2c1. The van der Waals surface area contributed by atoms with Crippen molar-refractivity contribution in [3.05, 3.63) is 71.5 Å². The molecule has 0 aromatic heterocycles. The lowest BCUT2D eigenvalue weighted by Crippen LogP contribution is -1.93. The molecule has 0 aliphatic heterocycles. The molecule has 0 atom stereocenters. The van der Waals surface area contributed by atoms with Crippen LogP contribution in [-0.4, -0.2) is 14.2 Å². The average molecular weight is 296 g/mol. The zero-order valence-corrected chi connectivity index (χ0v) is 12.6. The molecule has 0 aliphatic rings. The predicted molar refractivity (Wildman–Crippen MR) is 86.3 cm³/mol. The highest BCUT2D eigenvalue weighted by Gasteiger charge is 2.05. The van der Waals surface area contributed by atoms with Gasteiger partial charge in [-0.2, -0.15) is 0 Å². The lowest BCUT2D eigenvalue weighted by molar-refractivity contribution is 0.386. The molecule has 0 N–H and O–H groups in total. The zero-order chi connectivity index (χ0) is 15.5. The first kappa shape index (κ1) is 14.4. The molecule has 0 unspecified atom stereocenters. The van der Waals surface area contributed by atoms with Gasteiger partial charge in [-0.1, -0.05) is 30.3 Å². The Morgan fingerprint density at radius 2 is 1.45 bits per heavy atom. The molecule has 0 fully saturated rings. The maximum atomic E-state index is 13.8. The molecule has 0 spiro atoms. The number of halogens is 1. The monoisotopic (exact) mass is 296 g/mol. The highest BCUT2D eigenvalue weighted by molar-refractivity contribution is 5.84. The summed E-state index contributed by atoms with van der Waals surface area (Å²) in [6.45, 7) is 0. The van der Waals surface area contributed by atoms with Crippen LogP contribution in [0.25, 0.3) is 10.8 Å². The van der Waals surface area contributed by atoms with Gasteiger partial charge in [0.05, 0.1) is 14.2 Å². The van der Waals surface area contributed by atoms with Crippen LogP contribution in [0.15, 0.2) is 54.6 Å². The second-order valence-electron chi connectivity index (χ2n) is 5.19. The fourth-order valence-electron chi connectivity index (χ4n) is 2.57. The zero-order valence-electron chi connectivity index (χ0n) is 12.6. The molecule has 112 valence electrons. The number of rotatable bonds is 4. The van der Waals surface area contributed by atoms with Crippen LogP contribution in [0.5, 0.6) is 11.5 Å². The largest absolute Gasteiger partial charge is 0.497 e. The minimum absolute atomic E-state index is 0.273. The summed E-state index contributed by atoms with van der Waals surface area (Å²) < 4.78 is 23.9. The normalized spacial score (nSPS) is 10.7. The van der Waals surface area contributed by atoms with Crippen molar-refractivity contribution in [1.29, 1.82) is 0 Å². The summed E-state index contributed by atoms with van der Waals surface area (Å²) in [6, 6.07) is 17.3. The molecule has 22 heavy (non-hydrogen) atoms. The fraction of sp³-hybridized carbons (Fsp3) is 0.158. The molecule has 3 aromatic carbocycles. The first-order valence-corrected chi connectivity index (χ1v) is 7.08. The summed E-state index contributed by atoms with van der Waals surface area (Å²) in [5.41, 5.74) is 2.06. The number of ether oxygens (including phenoxy) is 2. The average Bonchev–Trinajstić information content (AvgIpc) is 2.54. The molecule has 3 heteroatoms. The Bertz CT molecular complexity index is 812. The van der Waals surface area contributed by atoms with Crippen molar-refractivity contribution in [3.8, 4) is 11.5 Å². The van der Waals surface area contributed by atoms with E-state index in [0.717, 1.165) is 27.6 Å². The minimum atomic E-state index is -0.328. The van der Waals surface area contributed by atoms with E-state index in [1.54, 1.807) is 13.2 Å². The van der Waals surface area contributed by atoms with Crippen molar-refractivity contribution < 1.29 is 13.9 Å². The van der Waals surface area contributed by atoms with E-state index in [4.69, 9.17) is 9.47 Å². The maximum absolute atomic E-state index is 13.8. The highest BCUT2D eigenvalue weighted by atomic mass is 19.1. The van der Waals surface area contributed by atoms with E-state index in [9.17, 15) is 4.39 Å². The smallest absolute Gasteiger partial charge is 0.165 e. The molecule has 0 saturated carbocycles. The van der Waals surface area contributed by atoms with Crippen molar-refractivity contribution >= 4 is 10.8 Å². The molecule has 3 aromatic rings. The van der Waals surface area contributed by atoms with Crippen molar-refractivity contribution in [2.75, 3.05) is 14.2 Å². The van der Waals surface area contributed by atoms with E-state index in [1.165, 1.54) is 13.2 Å². The summed E-state index contributed by atoms with van der Waals surface area (Å²) in [6.07, 6.45) is 0.683. The highest BCUT2D eigenvalue weighted by Crippen LogP contribution is 2.24. The fourth-order valence-corrected chi connectivity index (χ4v) is 2.57. The Morgan fingerprint density at radius 1 is 0.773 bits per heavy atom. The number of hydrogen-bond acceptors (Lipinski definition) is 2. The van der Waals surface area contributed by atoms with Crippen molar-refractivity contribution in [3.63, 3.8) is 0 Å². The van der Waals surface area contributed by atoms with E-state index in [-0.39, 0.29) is 11.6 Å². The third-order valence-corrected chi connectivity index (χ3v) is 3.74. The van der Waals surface area contributed by atoms with E-state index in [1.807, 2.05) is 24.3 Å². The molecule has 0 heterocycles. The molecule has 0 saturated heterocycles. The molecular formula is C19H17FO2. The van der Waals surface area contributed by atoms with Crippen LogP contribution in [0.2, 0.25) is 0 Å².